The third-order valence-electron chi connectivity index (χ3n) is 2.63. The van der Waals surface area contributed by atoms with Gasteiger partial charge in [0.05, 0.1) is 12.7 Å². The van der Waals surface area contributed by atoms with Gasteiger partial charge in [-0.05, 0) is 32.0 Å². The Bertz CT molecular complexity index is 598. The van der Waals surface area contributed by atoms with Crippen molar-refractivity contribution in [2.24, 2.45) is 0 Å². The minimum Gasteiger partial charge on any atom is -0.487 e. The number of aryl methyl sites for hydroxylation is 1. The molecule has 0 radical (unpaired) electrons. The number of hydrogen-bond donors (Lipinski definition) is 2. The fraction of sp³-hybridized carbons (Fsp3) is 0.286. The molecule has 0 aliphatic heterocycles. The first-order chi connectivity index (χ1) is 10.0. The largest absolute Gasteiger partial charge is 0.487 e. The lowest BCUT2D eigenvalue weighted by atomic mass is 10.3. The van der Waals surface area contributed by atoms with Crippen molar-refractivity contribution in [2.75, 3.05) is 12.3 Å². The molecule has 1 atom stereocenters. The number of anilines is 1. The molecule has 21 heavy (non-hydrogen) atoms. The van der Waals surface area contributed by atoms with Gasteiger partial charge in [-0.3, -0.25) is 9.78 Å². The molecule has 0 aliphatic carbocycles. The molecule has 0 saturated heterocycles. The minimum absolute atomic E-state index is 0.0832. The van der Waals surface area contributed by atoms with E-state index in [9.17, 15) is 4.79 Å². The molecule has 0 saturated carbocycles. The van der Waals surface area contributed by atoms with Gasteiger partial charge in [0.2, 0.25) is 5.95 Å². The van der Waals surface area contributed by atoms with Crippen LogP contribution in [0.1, 0.15) is 23.1 Å². The summed E-state index contributed by atoms with van der Waals surface area (Å²) in [6, 6.07) is 5.17. The average Bonchev–Trinajstić information content (AvgIpc) is 2.45. The van der Waals surface area contributed by atoms with E-state index in [0.717, 1.165) is 0 Å². The molecule has 0 aliphatic rings. The molecule has 0 aromatic carbocycles. The van der Waals surface area contributed by atoms with Gasteiger partial charge in [-0.2, -0.15) is 0 Å². The number of nitrogens with two attached hydrogens (primary N) is 1. The van der Waals surface area contributed by atoms with E-state index in [2.05, 4.69) is 20.3 Å². The SMILES string of the molecule is Cc1cc(C(=O)NC[C@H](C)Oc2cccnc2)nc(N)n1. The second kappa shape index (κ2) is 6.65. The van der Waals surface area contributed by atoms with Crippen LogP contribution >= 0.6 is 0 Å². The van der Waals surface area contributed by atoms with Crippen molar-refractivity contribution in [2.45, 2.75) is 20.0 Å². The number of carbonyl (C=O) groups is 1. The zero-order valence-corrected chi connectivity index (χ0v) is 11.9. The molecule has 2 heterocycles. The van der Waals surface area contributed by atoms with E-state index in [1.165, 1.54) is 0 Å². The van der Waals surface area contributed by atoms with Gasteiger partial charge in [-0.25, -0.2) is 9.97 Å². The highest BCUT2D eigenvalue weighted by Crippen LogP contribution is 2.08. The van der Waals surface area contributed by atoms with Crippen LogP contribution in [0.2, 0.25) is 0 Å². The van der Waals surface area contributed by atoms with Crippen molar-refractivity contribution in [3.8, 4) is 5.75 Å². The Morgan fingerprint density at radius 1 is 1.48 bits per heavy atom. The van der Waals surface area contributed by atoms with Gasteiger partial charge in [0, 0.05) is 11.9 Å². The van der Waals surface area contributed by atoms with Crippen LogP contribution < -0.4 is 15.8 Å². The van der Waals surface area contributed by atoms with Gasteiger partial charge >= 0.3 is 0 Å². The van der Waals surface area contributed by atoms with Crippen LogP contribution in [0.5, 0.6) is 5.75 Å². The van der Waals surface area contributed by atoms with E-state index >= 15 is 0 Å². The predicted octanol–water partition coefficient (Wildman–Crippen LogP) is 0.960. The summed E-state index contributed by atoms with van der Waals surface area (Å²) in [5.74, 6) is 0.426. The Labute approximate surface area is 122 Å². The summed E-state index contributed by atoms with van der Waals surface area (Å²) < 4.78 is 5.61. The number of nitrogens with one attached hydrogen (secondary N) is 1. The molecule has 0 unspecified atom stereocenters. The van der Waals surface area contributed by atoms with Crippen molar-refractivity contribution in [3.05, 3.63) is 42.0 Å². The van der Waals surface area contributed by atoms with Crippen molar-refractivity contribution < 1.29 is 9.53 Å². The van der Waals surface area contributed by atoms with Crippen LogP contribution in [-0.4, -0.2) is 33.5 Å². The minimum atomic E-state index is -0.311. The van der Waals surface area contributed by atoms with Crippen molar-refractivity contribution in [1.29, 1.82) is 0 Å². The van der Waals surface area contributed by atoms with Crippen LogP contribution in [0.3, 0.4) is 0 Å². The number of amides is 1. The number of hydrogen-bond acceptors (Lipinski definition) is 6. The Balaban J connectivity index is 1.88. The number of rotatable bonds is 5. The molecule has 0 bridgehead atoms. The van der Waals surface area contributed by atoms with E-state index in [1.807, 2.05) is 6.92 Å². The zero-order chi connectivity index (χ0) is 15.2. The maximum atomic E-state index is 12.0. The van der Waals surface area contributed by atoms with Gasteiger partial charge in [0.15, 0.2) is 0 Å². The number of ether oxygens (including phenoxy) is 1. The predicted molar refractivity (Wildman–Crippen MR) is 77.8 cm³/mol. The maximum Gasteiger partial charge on any atom is 0.270 e. The van der Waals surface area contributed by atoms with E-state index in [4.69, 9.17) is 10.5 Å². The summed E-state index contributed by atoms with van der Waals surface area (Å²) in [6.45, 7) is 3.95. The van der Waals surface area contributed by atoms with Crippen LogP contribution in [0.4, 0.5) is 5.95 Å². The van der Waals surface area contributed by atoms with Gasteiger partial charge in [0.1, 0.15) is 17.5 Å². The normalized spacial score (nSPS) is 11.7. The molecule has 110 valence electrons. The molecule has 2 rings (SSSR count). The second-order valence-electron chi connectivity index (χ2n) is 4.58. The lowest BCUT2D eigenvalue weighted by molar-refractivity contribution is 0.0927. The summed E-state index contributed by atoms with van der Waals surface area (Å²) in [4.78, 5) is 23.8. The number of nitrogen functional groups attached to an aromatic ring is 1. The first-order valence-corrected chi connectivity index (χ1v) is 6.50. The molecular weight excluding hydrogens is 270 g/mol. The van der Waals surface area contributed by atoms with Gasteiger partial charge in [-0.1, -0.05) is 0 Å². The van der Waals surface area contributed by atoms with Crippen molar-refractivity contribution in [3.63, 3.8) is 0 Å². The standard InChI is InChI=1S/C14H17N5O2/c1-9-6-12(19-14(15)18-9)13(20)17-7-10(2)21-11-4-3-5-16-8-11/h3-6,8,10H,7H2,1-2H3,(H,17,20)(H2,15,18,19)/t10-/m0/s1. The van der Waals surface area contributed by atoms with E-state index in [1.54, 1.807) is 37.5 Å². The topological polar surface area (TPSA) is 103 Å². The molecule has 0 spiro atoms. The van der Waals surface area contributed by atoms with E-state index < -0.39 is 0 Å². The third kappa shape index (κ3) is 4.41. The molecule has 1 amide bonds. The number of pyridine rings is 1. The molecule has 7 nitrogen and oxygen atoms in total. The lowest BCUT2D eigenvalue weighted by Gasteiger charge is -2.15. The fourth-order valence-corrected chi connectivity index (χ4v) is 1.73. The number of nitrogens with zero attached hydrogens (tertiary/aromatic N) is 3. The molecule has 2 aromatic heterocycles. The fourth-order valence-electron chi connectivity index (χ4n) is 1.73. The summed E-state index contributed by atoms with van der Waals surface area (Å²) in [5, 5.41) is 2.74. The van der Waals surface area contributed by atoms with Crippen LogP contribution in [0, 0.1) is 6.92 Å². The van der Waals surface area contributed by atoms with Crippen LogP contribution in [0.15, 0.2) is 30.6 Å². The van der Waals surface area contributed by atoms with Crippen LogP contribution in [0.25, 0.3) is 0 Å². The summed E-state index contributed by atoms with van der Waals surface area (Å²) in [6.07, 6.45) is 3.09. The summed E-state index contributed by atoms with van der Waals surface area (Å²) >= 11 is 0. The van der Waals surface area contributed by atoms with Gasteiger partial charge in [0.25, 0.3) is 5.91 Å². The second-order valence-corrected chi connectivity index (χ2v) is 4.58. The van der Waals surface area contributed by atoms with Crippen LogP contribution in [-0.2, 0) is 0 Å². The molecule has 7 heteroatoms. The quantitative estimate of drug-likeness (QED) is 0.849. The van der Waals surface area contributed by atoms with Crippen molar-refractivity contribution in [1.82, 2.24) is 20.3 Å². The number of carbonyl (C=O) groups excluding carboxylic acids is 1. The smallest absolute Gasteiger partial charge is 0.270 e. The first kappa shape index (κ1) is 14.7. The highest BCUT2D eigenvalue weighted by molar-refractivity contribution is 5.92. The third-order valence-corrected chi connectivity index (χ3v) is 2.63. The van der Waals surface area contributed by atoms with E-state index in [-0.39, 0.29) is 23.7 Å². The molecular formula is C14H17N5O2. The van der Waals surface area contributed by atoms with Gasteiger partial charge in [-0.15, -0.1) is 0 Å². The Morgan fingerprint density at radius 2 is 2.29 bits per heavy atom. The average molecular weight is 287 g/mol. The zero-order valence-electron chi connectivity index (χ0n) is 11.9. The molecule has 0 fully saturated rings. The maximum absolute atomic E-state index is 12.0. The highest BCUT2D eigenvalue weighted by atomic mass is 16.5. The Hall–Kier alpha value is -2.70. The lowest BCUT2D eigenvalue weighted by Crippen LogP contribution is -2.34. The monoisotopic (exact) mass is 287 g/mol. The molecule has 2 aromatic rings. The van der Waals surface area contributed by atoms with E-state index in [0.29, 0.717) is 18.0 Å². The number of aromatic nitrogens is 3. The highest BCUT2D eigenvalue weighted by Gasteiger charge is 2.11. The Kier molecular flexibility index (Phi) is 4.65. The summed E-state index contributed by atoms with van der Waals surface area (Å²) in [7, 11) is 0. The molecule has 3 N–H and O–H groups in total. The Morgan fingerprint density at radius 3 is 2.95 bits per heavy atom. The first-order valence-electron chi connectivity index (χ1n) is 6.50. The summed E-state index contributed by atoms with van der Waals surface area (Å²) in [5.41, 5.74) is 6.41. The van der Waals surface area contributed by atoms with Gasteiger partial charge < -0.3 is 15.8 Å². The van der Waals surface area contributed by atoms with Crippen molar-refractivity contribution >= 4 is 11.9 Å².